The molecule has 3 nitrogen and oxygen atoms in total. The van der Waals surface area contributed by atoms with Crippen LogP contribution >= 0.6 is 0 Å². The van der Waals surface area contributed by atoms with Gasteiger partial charge >= 0.3 is 0 Å². The van der Waals surface area contributed by atoms with E-state index in [2.05, 4.69) is 0 Å². The third-order valence-corrected chi connectivity index (χ3v) is 2.86. The fourth-order valence-electron chi connectivity index (χ4n) is 1.79. The second kappa shape index (κ2) is 6.75. The summed E-state index contributed by atoms with van der Waals surface area (Å²) in [7, 11) is 0. The van der Waals surface area contributed by atoms with Crippen molar-refractivity contribution in [3.05, 3.63) is 59.7 Å². The normalized spacial score (nSPS) is 10.1. The molecule has 2 rings (SSSR count). The van der Waals surface area contributed by atoms with Crippen molar-refractivity contribution in [2.24, 2.45) is 0 Å². The van der Waals surface area contributed by atoms with Gasteiger partial charge in [-0.15, -0.1) is 0 Å². The Labute approximate surface area is 119 Å². The number of benzene rings is 2. The second-order valence-electron chi connectivity index (χ2n) is 4.49. The summed E-state index contributed by atoms with van der Waals surface area (Å²) in [6.07, 6.45) is 0. The van der Waals surface area contributed by atoms with E-state index in [4.69, 9.17) is 9.47 Å². The van der Waals surface area contributed by atoms with Crippen molar-refractivity contribution in [3.8, 4) is 11.5 Å². The van der Waals surface area contributed by atoms with E-state index in [0.717, 1.165) is 11.3 Å². The molecule has 0 radical (unpaired) electrons. The molecule has 0 spiro atoms. The summed E-state index contributed by atoms with van der Waals surface area (Å²) in [5.74, 6) is 1.34. The van der Waals surface area contributed by atoms with Gasteiger partial charge in [-0.05, 0) is 26.0 Å². The number of ether oxygens (including phenoxy) is 2. The summed E-state index contributed by atoms with van der Waals surface area (Å²) in [5, 5.41) is 0. The number of hydrogen-bond donors (Lipinski definition) is 0. The molecule has 0 aliphatic carbocycles. The van der Waals surface area contributed by atoms with Crippen molar-refractivity contribution in [2.45, 2.75) is 13.8 Å². The molecule has 0 saturated heterocycles. The minimum atomic E-state index is -0.0354. The van der Waals surface area contributed by atoms with Crippen LogP contribution in [0.1, 0.15) is 22.8 Å². The number of rotatable bonds is 6. The first-order valence-corrected chi connectivity index (χ1v) is 6.64. The van der Waals surface area contributed by atoms with Crippen LogP contribution < -0.4 is 9.47 Å². The highest BCUT2D eigenvalue weighted by atomic mass is 16.5. The second-order valence-corrected chi connectivity index (χ2v) is 4.49. The van der Waals surface area contributed by atoms with Crippen LogP contribution in [0.5, 0.6) is 11.5 Å². The van der Waals surface area contributed by atoms with E-state index in [0.29, 0.717) is 17.9 Å². The molecular weight excluding hydrogens is 252 g/mol. The van der Waals surface area contributed by atoms with Crippen LogP contribution in [-0.2, 0) is 0 Å². The first-order valence-electron chi connectivity index (χ1n) is 6.64. The molecule has 0 amide bonds. The monoisotopic (exact) mass is 270 g/mol. The zero-order valence-corrected chi connectivity index (χ0v) is 11.8. The topological polar surface area (TPSA) is 35.5 Å². The van der Waals surface area contributed by atoms with Gasteiger partial charge in [-0.3, -0.25) is 4.79 Å². The number of carbonyl (C=O) groups is 1. The predicted molar refractivity (Wildman–Crippen MR) is 78.6 cm³/mol. The SMILES string of the molecule is CCOc1cccc(OCC(=O)c2ccc(C)cc2)c1. The highest BCUT2D eigenvalue weighted by Gasteiger charge is 2.07. The van der Waals surface area contributed by atoms with Crippen molar-refractivity contribution in [1.82, 2.24) is 0 Å². The van der Waals surface area contributed by atoms with Gasteiger partial charge in [-0.25, -0.2) is 0 Å². The zero-order chi connectivity index (χ0) is 14.4. The quantitative estimate of drug-likeness (QED) is 0.751. The van der Waals surface area contributed by atoms with Crippen LogP contribution in [0.3, 0.4) is 0 Å². The predicted octanol–water partition coefficient (Wildman–Crippen LogP) is 3.66. The molecule has 0 bridgehead atoms. The molecule has 2 aromatic rings. The third-order valence-electron chi connectivity index (χ3n) is 2.86. The van der Waals surface area contributed by atoms with Crippen molar-refractivity contribution in [3.63, 3.8) is 0 Å². The average Bonchev–Trinajstić information content (AvgIpc) is 2.46. The third kappa shape index (κ3) is 3.85. The van der Waals surface area contributed by atoms with E-state index in [1.807, 2.05) is 56.3 Å². The van der Waals surface area contributed by atoms with Gasteiger partial charge in [0.1, 0.15) is 11.5 Å². The summed E-state index contributed by atoms with van der Waals surface area (Å²) in [6.45, 7) is 4.54. The fourth-order valence-corrected chi connectivity index (χ4v) is 1.79. The maximum atomic E-state index is 12.0. The highest BCUT2D eigenvalue weighted by Crippen LogP contribution is 2.19. The molecule has 0 N–H and O–H groups in total. The summed E-state index contributed by atoms with van der Waals surface area (Å²) >= 11 is 0. The Morgan fingerprint density at radius 1 is 1.00 bits per heavy atom. The van der Waals surface area contributed by atoms with E-state index < -0.39 is 0 Å². The molecule has 0 heterocycles. The van der Waals surface area contributed by atoms with Crippen LogP contribution in [-0.4, -0.2) is 19.0 Å². The van der Waals surface area contributed by atoms with Gasteiger partial charge in [0.25, 0.3) is 0 Å². The fraction of sp³-hybridized carbons (Fsp3) is 0.235. The maximum absolute atomic E-state index is 12.0. The van der Waals surface area contributed by atoms with E-state index in [1.165, 1.54) is 0 Å². The Morgan fingerprint density at radius 3 is 2.30 bits per heavy atom. The Hall–Kier alpha value is -2.29. The molecular formula is C17H18O3. The number of ketones is 1. The lowest BCUT2D eigenvalue weighted by atomic mass is 10.1. The van der Waals surface area contributed by atoms with E-state index in [-0.39, 0.29) is 12.4 Å². The van der Waals surface area contributed by atoms with E-state index >= 15 is 0 Å². The number of hydrogen-bond acceptors (Lipinski definition) is 3. The van der Waals surface area contributed by atoms with Crippen LogP contribution in [0, 0.1) is 6.92 Å². The van der Waals surface area contributed by atoms with Gasteiger partial charge in [0, 0.05) is 11.6 Å². The number of Topliss-reactive ketones (excluding diaryl/α,β-unsaturated/α-hetero) is 1. The van der Waals surface area contributed by atoms with Crippen molar-refractivity contribution in [2.75, 3.05) is 13.2 Å². The van der Waals surface area contributed by atoms with Gasteiger partial charge in [0.05, 0.1) is 6.61 Å². The molecule has 3 heteroatoms. The Bertz CT molecular complexity index is 573. The summed E-state index contributed by atoms with van der Waals surface area (Å²) < 4.78 is 10.9. The van der Waals surface area contributed by atoms with Crippen molar-refractivity contribution >= 4 is 5.78 Å². The standard InChI is InChI=1S/C17H18O3/c1-3-19-15-5-4-6-16(11-15)20-12-17(18)14-9-7-13(2)8-10-14/h4-11H,3,12H2,1-2H3. The van der Waals surface area contributed by atoms with Gasteiger partial charge in [0.2, 0.25) is 0 Å². The summed E-state index contributed by atoms with van der Waals surface area (Å²) in [4.78, 5) is 12.0. The largest absolute Gasteiger partial charge is 0.494 e. The van der Waals surface area contributed by atoms with Gasteiger partial charge in [0.15, 0.2) is 12.4 Å². The van der Waals surface area contributed by atoms with Crippen LogP contribution in [0.25, 0.3) is 0 Å². The highest BCUT2D eigenvalue weighted by molar-refractivity contribution is 5.97. The van der Waals surface area contributed by atoms with Crippen LogP contribution in [0.15, 0.2) is 48.5 Å². The van der Waals surface area contributed by atoms with Crippen molar-refractivity contribution < 1.29 is 14.3 Å². The average molecular weight is 270 g/mol. The molecule has 0 aliphatic heterocycles. The molecule has 0 aromatic heterocycles. The van der Waals surface area contributed by atoms with Gasteiger partial charge in [-0.2, -0.15) is 0 Å². The Balaban J connectivity index is 1.96. The van der Waals surface area contributed by atoms with Crippen LogP contribution in [0.2, 0.25) is 0 Å². The molecule has 20 heavy (non-hydrogen) atoms. The first-order chi connectivity index (χ1) is 9.69. The van der Waals surface area contributed by atoms with Crippen LogP contribution in [0.4, 0.5) is 0 Å². The lowest BCUT2D eigenvalue weighted by molar-refractivity contribution is 0.0921. The minimum absolute atomic E-state index is 0.0264. The minimum Gasteiger partial charge on any atom is -0.494 e. The molecule has 0 fully saturated rings. The van der Waals surface area contributed by atoms with E-state index in [1.54, 1.807) is 6.07 Å². The van der Waals surface area contributed by atoms with Gasteiger partial charge < -0.3 is 9.47 Å². The number of carbonyl (C=O) groups excluding carboxylic acids is 1. The first kappa shape index (κ1) is 14.1. The Morgan fingerprint density at radius 2 is 1.65 bits per heavy atom. The smallest absolute Gasteiger partial charge is 0.200 e. The lowest BCUT2D eigenvalue weighted by Gasteiger charge is -2.08. The molecule has 2 aromatic carbocycles. The Kier molecular flexibility index (Phi) is 4.77. The van der Waals surface area contributed by atoms with Crippen molar-refractivity contribution in [1.29, 1.82) is 0 Å². The van der Waals surface area contributed by atoms with Gasteiger partial charge in [-0.1, -0.05) is 35.9 Å². The number of aryl methyl sites for hydroxylation is 1. The molecule has 0 atom stereocenters. The molecule has 0 unspecified atom stereocenters. The molecule has 0 saturated carbocycles. The molecule has 0 aliphatic rings. The lowest BCUT2D eigenvalue weighted by Crippen LogP contribution is -2.11. The zero-order valence-electron chi connectivity index (χ0n) is 11.8. The summed E-state index contributed by atoms with van der Waals surface area (Å²) in [6, 6.07) is 14.8. The summed E-state index contributed by atoms with van der Waals surface area (Å²) in [5.41, 5.74) is 1.79. The molecule has 104 valence electrons. The van der Waals surface area contributed by atoms with E-state index in [9.17, 15) is 4.79 Å². The maximum Gasteiger partial charge on any atom is 0.200 e.